The lowest BCUT2D eigenvalue weighted by Crippen LogP contribution is -2.54. The minimum Gasteiger partial charge on any atom is -0.460 e. The van der Waals surface area contributed by atoms with Gasteiger partial charge in [-0.25, -0.2) is 56.9 Å². The zero-order valence-corrected chi connectivity index (χ0v) is 35.2. The summed E-state index contributed by atoms with van der Waals surface area (Å²) in [5.41, 5.74) is -4.80. The number of amides is 2. The smallest absolute Gasteiger partial charge is 0.407 e. The first kappa shape index (κ1) is 51.5. The van der Waals surface area contributed by atoms with Crippen LogP contribution in [0.4, 0.5) is 9.59 Å². The molecule has 1 aromatic heterocycles. The number of esters is 4. The van der Waals surface area contributed by atoms with Gasteiger partial charge in [0.15, 0.2) is 0 Å². The molecule has 0 unspecified atom stereocenters. The lowest BCUT2D eigenvalue weighted by molar-refractivity contribution is -0.146. The number of carbonyl (C=O) groups excluding carboxylic acids is 6. The Labute approximate surface area is 349 Å². The van der Waals surface area contributed by atoms with Crippen LogP contribution in [-0.2, 0) is 67.2 Å². The molecule has 0 radical (unpaired) electrons. The zero-order chi connectivity index (χ0) is 44.4. The molecular formula is C37H53N5O15S2. The van der Waals surface area contributed by atoms with Gasteiger partial charge in [0.25, 0.3) is 0 Å². The first-order valence-corrected chi connectivity index (χ1v) is 20.5. The van der Waals surface area contributed by atoms with Crippen LogP contribution in [0.15, 0.2) is 65.0 Å². The van der Waals surface area contributed by atoms with Crippen LogP contribution < -0.4 is 27.7 Å². The van der Waals surface area contributed by atoms with Crippen LogP contribution in [-0.4, -0.2) is 123 Å². The second-order valence-corrected chi connectivity index (χ2v) is 15.2. The molecule has 20 nitrogen and oxygen atoms in total. The second-order valence-electron chi connectivity index (χ2n) is 12.7. The van der Waals surface area contributed by atoms with E-state index in [1.807, 2.05) is 0 Å². The topological polar surface area (TPSA) is 248 Å². The van der Waals surface area contributed by atoms with Gasteiger partial charge in [0.05, 0.1) is 0 Å². The Bertz CT molecular complexity index is 1670. The highest BCUT2D eigenvalue weighted by Gasteiger charge is 2.32. The fraction of sp³-hybridized carbons (Fsp3) is 0.541. The van der Waals surface area contributed by atoms with Crippen molar-refractivity contribution in [2.45, 2.75) is 64.3 Å². The van der Waals surface area contributed by atoms with Crippen molar-refractivity contribution < 1.29 is 57.2 Å². The first-order valence-electron chi connectivity index (χ1n) is 18.1. The largest absolute Gasteiger partial charge is 0.460 e. The van der Waals surface area contributed by atoms with Crippen LogP contribution in [0, 0.1) is 0 Å². The molecule has 0 aliphatic carbocycles. The summed E-state index contributed by atoms with van der Waals surface area (Å²) < 4.78 is 33.4. The zero-order valence-electron chi connectivity index (χ0n) is 33.5. The standard InChI is InChI=1S/C37H53N5O15S2/c1-8-27(43)54-23-36(6,24-55-28(44)9-2)38-31(47)52-17-21-58-19-13-15-41-33(49)40(12-5)34(50)42(35(41)51)16-14-20-59-22-18-53-32(48)39-37(7,25-56-29(45)10-3)26-57-30(46)11-4/h8-11H,1-4,12-26H2,5-7H3,(H,38,47)(H,39,48). The molecule has 0 aliphatic heterocycles. The Morgan fingerprint density at radius 3 is 1.14 bits per heavy atom. The summed E-state index contributed by atoms with van der Waals surface area (Å²) in [7, 11) is 0. The van der Waals surface area contributed by atoms with Gasteiger partial charge in [-0.1, -0.05) is 26.3 Å². The number of nitrogens with one attached hydrogen (secondary N) is 2. The summed E-state index contributed by atoms with van der Waals surface area (Å²) in [6.45, 7) is 16.6. The number of ether oxygens (including phenoxy) is 6. The summed E-state index contributed by atoms with van der Waals surface area (Å²) in [6.07, 6.45) is 2.84. The molecule has 1 aromatic rings. The predicted octanol–water partition coefficient (Wildman–Crippen LogP) is 1.32. The maximum absolute atomic E-state index is 13.2. The number of alkyl carbamates (subject to hydrolysis) is 2. The highest BCUT2D eigenvalue weighted by Crippen LogP contribution is 2.10. The number of hydrogen-bond acceptors (Lipinski definition) is 17. The van der Waals surface area contributed by atoms with Crippen molar-refractivity contribution in [1.29, 1.82) is 0 Å². The number of rotatable bonds is 29. The summed E-state index contributed by atoms with van der Waals surface area (Å²) in [5.74, 6) is -1.27. The van der Waals surface area contributed by atoms with E-state index in [9.17, 15) is 43.2 Å². The molecule has 0 saturated heterocycles. The fourth-order valence-electron chi connectivity index (χ4n) is 4.53. The van der Waals surface area contributed by atoms with Crippen molar-refractivity contribution in [3.63, 3.8) is 0 Å². The molecule has 0 saturated carbocycles. The van der Waals surface area contributed by atoms with E-state index in [0.29, 0.717) is 35.9 Å². The second kappa shape index (κ2) is 27.2. The summed E-state index contributed by atoms with van der Waals surface area (Å²) in [6, 6.07) is 0. The minimum absolute atomic E-state index is 0.0141. The van der Waals surface area contributed by atoms with Crippen LogP contribution in [0.3, 0.4) is 0 Å². The number of hydrogen-bond donors (Lipinski definition) is 2. The van der Waals surface area contributed by atoms with E-state index in [1.165, 1.54) is 37.4 Å². The molecule has 0 bridgehead atoms. The highest BCUT2D eigenvalue weighted by atomic mass is 32.2. The van der Waals surface area contributed by atoms with E-state index in [1.54, 1.807) is 6.92 Å². The Morgan fingerprint density at radius 1 is 0.542 bits per heavy atom. The van der Waals surface area contributed by atoms with E-state index in [4.69, 9.17) is 28.4 Å². The molecule has 1 heterocycles. The van der Waals surface area contributed by atoms with Crippen molar-refractivity contribution in [2.75, 3.05) is 62.7 Å². The fourth-order valence-corrected chi connectivity index (χ4v) is 6.00. The number of nitrogens with zero attached hydrogens (tertiary/aromatic N) is 3. The normalized spacial score (nSPS) is 11.0. The SMILES string of the molecule is C=CC(=O)OCC(C)(COC(=O)C=C)NC(=O)OCCSCCCn1c(=O)n(CC)c(=O)n(CCCSCCOC(=O)NC(C)(COC(=O)C=C)COC(=O)C=C)c1=O. The minimum atomic E-state index is -1.31. The van der Waals surface area contributed by atoms with Gasteiger partial charge in [-0.2, -0.15) is 23.5 Å². The lowest BCUT2D eigenvalue weighted by Gasteiger charge is -2.28. The van der Waals surface area contributed by atoms with Gasteiger partial charge in [0, 0.05) is 55.4 Å². The average molecular weight is 872 g/mol. The van der Waals surface area contributed by atoms with Gasteiger partial charge in [-0.05, 0) is 45.1 Å². The Hall–Kier alpha value is -5.51. The average Bonchev–Trinajstić information content (AvgIpc) is 3.21. The third-order valence-electron chi connectivity index (χ3n) is 7.57. The van der Waals surface area contributed by atoms with Gasteiger partial charge in [-0.15, -0.1) is 0 Å². The molecule has 0 atom stereocenters. The van der Waals surface area contributed by atoms with E-state index in [-0.39, 0.29) is 59.3 Å². The number of aromatic nitrogens is 3. The van der Waals surface area contributed by atoms with Crippen molar-refractivity contribution in [3.8, 4) is 0 Å². The molecule has 0 fully saturated rings. The van der Waals surface area contributed by atoms with E-state index >= 15 is 0 Å². The van der Waals surface area contributed by atoms with E-state index < -0.39 is 64.2 Å². The number of thioether (sulfide) groups is 2. The molecule has 328 valence electrons. The third-order valence-corrected chi connectivity index (χ3v) is 9.64. The first-order chi connectivity index (χ1) is 28.0. The van der Waals surface area contributed by atoms with Crippen LogP contribution in [0.5, 0.6) is 0 Å². The van der Waals surface area contributed by atoms with E-state index in [2.05, 4.69) is 36.9 Å². The quantitative estimate of drug-likeness (QED) is 0.0499. The maximum Gasteiger partial charge on any atom is 0.407 e. The van der Waals surface area contributed by atoms with Crippen molar-refractivity contribution in [1.82, 2.24) is 24.3 Å². The summed E-state index contributed by atoms with van der Waals surface area (Å²) in [5, 5.41) is 5.03. The molecule has 2 N–H and O–H groups in total. The van der Waals surface area contributed by atoms with Gasteiger partial charge in [0.2, 0.25) is 0 Å². The molecule has 22 heteroatoms. The maximum atomic E-state index is 13.2. The molecule has 2 amide bonds. The molecule has 59 heavy (non-hydrogen) atoms. The summed E-state index contributed by atoms with van der Waals surface area (Å²) >= 11 is 2.78. The third kappa shape index (κ3) is 19.7. The summed E-state index contributed by atoms with van der Waals surface area (Å²) in [4.78, 5) is 110. The van der Waals surface area contributed by atoms with Crippen molar-refractivity contribution >= 4 is 59.6 Å². The monoisotopic (exact) mass is 871 g/mol. The Morgan fingerprint density at radius 2 is 0.847 bits per heavy atom. The van der Waals surface area contributed by atoms with Crippen molar-refractivity contribution in [2.24, 2.45) is 0 Å². The van der Waals surface area contributed by atoms with Gasteiger partial charge >= 0.3 is 53.1 Å². The van der Waals surface area contributed by atoms with Crippen molar-refractivity contribution in [3.05, 3.63) is 82.1 Å². The number of carbonyl (C=O) groups is 6. The Kier molecular flexibility index (Phi) is 23.8. The van der Waals surface area contributed by atoms with Gasteiger partial charge in [0.1, 0.15) is 50.7 Å². The van der Waals surface area contributed by atoms with Gasteiger partial charge in [-0.3, -0.25) is 0 Å². The highest BCUT2D eigenvalue weighted by molar-refractivity contribution is 7.99. The lowest BCUT2D eigenvalue weighted by atomic mass is 10.1. The van der Waals surface area contributed by atoms with Crippen LogP contribution in [0.25, 0.3) is 0 Å². The van der Waals surface area contributed by atoms with Crippen LogP contribution in [0.2, 0.25) is 0 Å². The molecule has 0 spiro atoms. The molecule has 0 aromatic carbocycles. The Balaban J connectivity index is 2.62. The molecular weight excluding hydrogens is 819 g/mol. The molecule has 0 aliphatic rings. The van der Waals surface area contributed by atoms with Gasteiger partial charge < -0.3 is 39.1 Å². The molecule has 1 rings (SSSR count). The van der Waals surface area contributed by atoms with Crippen LogP contribution in [0.1, 0.15) is 33.6 Å². The predicted molar refractivity (Wildman–Crippen MR) is 219 cm³/mol. The van der Waals surface area contributed by atoms with Crippen LogP contribution >= 0.6 is 23.5 Å². The van der Waals surface area contributed by atoms with E-state index in [0.717, 1.165) is 38.0 Å².